The summed E-state index contributed by atoms with van der Waals surface area (Å²) in [5.74, 6) is 0.300. The highest BCUT2D eigenvalue weighted by atomic mass is 16.5. The Bertz CT molecular complexity index is 455. The van der Waals surface area contributed by atoms with Crippen molar-refractivity contribution in [3.8, 4) is 11.8 Å². The molecule has 84 valence electrons. The largest absolute Gasteiger partial charge is 0.496 e. The lowest BCUT2D eigenvalue weighted by atomic mass is 9.85. The van der Waals surface area contributed by atoms with E-state index in [1.807, 2.05) is 19.1 Å². The molecule has 0 spiro atoms. The zero-order chi connectivity index (χ0) is 12.3. The van der Waals surface area contributed by atoms with E-state index in [0.717, 1.165) is 5.56 Å². The Hall–Kier alpha value is -1.82. The number of ketones is 1. The second-order valence-electron chi connectivity index (χ2n) is 4.27. The van der Waals surface area contributed by atoms with Gasteiger partial charge >= 0.3 is 0 Å². The summed E-state index contributed by atoms with van der Waals surface area (Å²) in [5, 5.41) is 8.95. The van der Waals surface area contributed by atoms with E-state index in [1.165, 1.54) is 7.11 Å². The van der Waals surface area contributed by atoms with Crippen LogP contribution in [0.1, 0.15) is 29.8 Å². The lowest BCUT2D eigenvalue weighted by Crippen LogP contribution is -2.22. The van der Waals surface area contributed by atoms with E-state index in [9.17, 15) is 4.79 Å². The van der Waals surface area contributed by atoms with E-state index in [1.54, 1.807) is 26.0 Å². The van der Waals surface area contributed by atoms with Gasteiger partial charge in [-0.3, -0.25) is 4.79 Å². The van der Waals surface area contributed by atoms with Gasteiger partial charge in [0.15, 0.2) is 5.78 Å². The minimum atomic E-state index is -1.03. The first kappa shape index (κ1) is 12.3. The summed E-state index contributed by atoms with van der Waals surface area (Å²) in [7, 11) is 1.51. The first-order chi connectivity index (χ1) is 7.42. The van der Waals surface area contributed by atoms with E-state index in [2.05, 4.69) is 0 Å². The average Bonchev–Trinajstić information content (AvgIpc) is 2.28. The van der Waals surface area contributed by atoms with E-state index < -0.39 is 5.41 Å². The van der Waals surface area contributed by atoms with Crippen LogP contribution in [0.2, 0.25) is 0 Å². The Morgan fingerprint density at radius 1 is 1.44 bits per heavy atom. The highest BCUT2D eigenvalue weighted by Gasteiger charge is 2.30. The molecule has 3 nitrogen and oxygen atoms in total. The number of Topliss-reactive ketones (excluding diaryl/α,β-unsaturated/α-hetero) is 1. The highest BCUT2D eigenvalue weighted by Crippen LogP contribution is 2.28. The molecule has 0 heterocycles. The van der Waals surface area contributed by atoms with Crippen molar-refractivity contribution in [3.63, 3.8) is 0 Å². The molecule has 1 aromatic rings. The van der Waals surface area contributed by atoms with Gasteiger partial charge in [-0.1, -0.05) is 11.6 Å². The van der Waals surface area contributed by atoms with Crippen LogP contribution in [0.4, 0.5) is 0 Å². The summed E-state index contributed by atoms with van der Waals surface area (Å²) in [6.45, 7) is 5.11. The molecular formula is C13H15NO2. The number of aryl methyl sites for hydroxylation is 1. The van der Waals surface area contributed by atoms with Crippen molar-refractivity contribution in [2.75, 3.05) is 7.11 Å². The third-order valence-corrected chi connectivity index (χ3v) is 2.45. The molecule has 0 amide bonds. The Balaban J connectivity index is 3.28. The van der Waals surface area contributed by atoms with Gasteiger partial charge in [-0.15, -0.1) is 0 Å². The predicted octanol–water partition coefficient (Wildman–Crippen LogP) is 2.74. The fraction of sp³-hybridized carbons (Fsp3) is 0.385. The zero-order valence-electron chi connectivity index (χ0n) is 10.00. The minimum Gasteiger partial charge on any atom is -0.496 e. The minimum absolute atomic E-state index is 0.212. The van der Waals surface area contributed by atoms with Crippen LogP contribution in [0.25, 0.3) is 0 Å². The van der Waals surface area contributed by atoms with Crippen molar-refractivity contribution in [1.82, 2.24) is 0 Å². The van der Waals surface area contributed by atoms with E-state index >= 15 is 0 Å². The molecule has 0 aliphatic rings. The van der Waals surface area contributed by atoms with E-state index in [4.69, 9.17) is 10.00 Å². The number of nitrogens with zero attached hydrogens (tertiary/aromatic N) is 1. The van der Waals surface area contributed by atoms with E-state index in [-0.39, 0.29) is 5.78 Å². The first-order valence-corrected chi connectivity index (χ1v) is 5.03. The molecule has 0 aliphatic heterocycles. The topological polar surface area (TPSA) is 50.1 Å². The maximum Gasteiger partial charge on any atom is 0.186 e. The van der Waals surface area contributed by atoms with Crippen molar-refractivity contribution in [1.29, 1.82) is 5.26 Å². The van der Waals surface area contributed by atoms with Gasteiger partial charge in [0.2, 0.25) is 0 Å². The lowest BCUT2D eigenvalue weighted by Gasteiger charge is -2.16. The predicted molar refractivity (Wildman–Crippen MR) is 61.5 cm³/mol. The highest BCUT2D eigenvalue weighted by molar-refractivity contribution is 6.04. The first-order valence-electron chi connectivity index (χ1n) is 5.03. The number of carbonyl (C=O) groups excluding carboxylic acids is 1. The summed E-state index contributed by atoms with van der Waals surface area (Å²) in [6.07, 6.45) is 0. The smallest absolute Gasteiger partial charge is 0.186 e. The van der Waals surface area contributed by atoms with Crippen molar-refractivity contribution < 1.29 is 9.53 Å². The molecule has 0 aromatic heterocycles. The second-order valence-corrected chi connectivity index (χ2v) is 4.27. The Kier molecular flexibility index (Phi) is 3.34. The van der Waals surface area contributed by atoms with Gasteiger partial charge in [0.1, 0.15) is 11.2 Å². The van der Waals surface area contributed by atoms with E-state index in [0.29, 0.717) is 11.3 Å². The fourth-order valence-corrected chi connectivity index (χ4v) is 1.39. The Morgan fingerprint density at radius 2 is 2.06 bits per heavy atom. The van der Waals surface area contributed by atoms with Gasteiger partial charge in [-0.25, -0.2) is 0 Å². The Labute approximate surface area is 95.7 Å². The van der Waals surface area contributed by atoms with Crippen molar-refractivity contribution in [2.24, 2.45) is 5.41 Å². The normalized spacial score (nSPS) is 10.7. The van der Waals surface area contributed by atoms with Crippen LogP contribution in [0, 0.1) is 23.7 Å². The number of hydrogen-bond acceptors (Lipinski definition) is 3. The second kappa shape index (κ2) is 4.36. The van der Waals surface area contributed by atoms with Crippen LogP contribution >= 0.6 is 0 Å². The molecule has 0 fully saturated rings. The van der Waals surface area contributed by atoms with Crippen LogP contribution < -0.4 is 4.74 Å². The zero-order valence-corrected chi connectivity index (χ0v) is 10.00. The summed E-state index contributed by atoms with van der Waals surface area (Å²) in [5.41, 5.74) is 0.410. The van der Waals surface area contributed by atoms with Crippen LogP contribution in [0.15, 0.2) is 18.2 Å². The van der Waals surface area contributed by atoms with Crippen LogP contribution in [-0.4, -0.2) is 12.9 Å². The number of carbonyl (C=O) groups is 1. The van der Waals surface area contributed by atoms with Gasteiger partial charge in [-0.05, 0) is 32.9 Å². The molecule has 0 aliphatic carbocycles. The number of benzene rings is 1. The van der Waals surface area contributed by atoms with Crippen molar-refractivity contribution >= 4 is 5.78 Å². The van der Waals surface area contributed by atoms with Crippen LogP contribution in [0.3, 0.4) is 0 Å². The number of rotatable bonds is 3. The standard InChI is InChI=1S/C13H15NO2/c1-9-5-6-11(16-4)10(7-9)12(15)13(2,3)8-14/h5-7H,1-4H3. The SMILES string of the molecule is COc1ccc(C)cc1C(=O)C(C)(C)C#N. The molecule has 0 bridgehead atoms. The average molecular weight is 217 g/mol. The van der Waals surface area contributed by atoms with Crippen molar-refractivity contribution in [2.45, 2.75) is 20.8 Å². The van der Waals surface area contributed by atoms with Crippen LogP contribution in [-0.2, 0) is 0 Å². The third-order valence-electron chi connectivity index (χ3n) is 2.45. The van der Waals surface area contributed by atoms with Gasteiger partial charge in [-0.2, -0.15) is 5.26 Å². The maximum absolute atomic E-state index is 12.1. The third kappa shape index (κ3) is 2.22. The van der Waals surface area contributed by atoms with Gasteiger partial charge < -0.3 is 4.74 Å². The molecule has 0 N–H and O–H groups in total. The molecule has 1 rings (SSSR count). The van der Waals surface area contributed by atoms with Crippen LogP contribution in [0.5, 0.6) is 5.75 Å². The quantitative estimate of drug-likeness (QED) is 0.731. The van der Waals surface area contributed by atoms with Crippen molar-refractivity contribution in [3.05, 3.63) is 29.3 Å². The number of nitriles is 1. The van der Waals surface area contributed by atoms with Gasteiger partial charge in [0.05, 0.1) is 18.7 Å². The van der Waals surface area contributed by atoms with Gasteiger partial charge in [0.25, 0.3) is 0 Å². The molecule has 0 unspecified atom stereocenters. The molecule has 0 saturated carbocycles. The molecule has 0 atom stereocenters. The number of hydrogen-bond donors (Lipinski definition) is 0. The molecule has 0 radical (unpaired) electrons. The summed E-state index contributed by atoms with van der Waals surface area (Å²) in [4.78, 5) is 12.1. The summed E-state index contributed by atoms with van der Waals surface area (Å²) < 4.78 is 5.13. The number of methoxy groups -OCH3 is 1. The molecular weight excluding hydrogens is 202 g/mol. The molecule has 1 aromatic carbocycles. The lowest BCUT2D eigenvalue weighted by molar-refractivity contribution is 0.0888. The summed E-state index contributed by atoms with van der Waals surface area (Å²) in [6, 6.07) is 7.37. The fourth-order valence-electron chi connectivity index (χ4n) is 1.39. The number of ether oxygens (including phenoxy) is 1. The molecule has 16 heavy (non-hydrogen) atoms. The molecule has 3 heteroatoms. The maximum atomic E-state index is 12.1. The van der Waals surface area contributed by atoms with Gasteiger partial charge in [0, 0.05) is 0 Å². The summed E-state index contributed by atoms with van der Waals surface area (Å²) >= 11 is 0. The molecule has 0 saturated heterocycles. The monoisotopic (exact) mass is 217 g/mol. The Morgan fingerprint density at radius 3 is 2.56 bits per heavy atom.